The summed E-state index contributed by atoms with van der Waals surface area (Å²) in [7, 11) is 1.58. The van der Waals surface area contributed by atoms with E-state index < -0.39 is 5.82 Å². The second-order valence-electron chi connectivity index (χ2n) is 4.75. The third-order valence-electron chi connectivity index (χ3n) is 3.12. The molecule has 0 heterocycles. The van der Waals surface area contributed by atoms with Gasteiger partial charge in [-0.15, -0.1) is 0 Å². The van der Waals surface area contributed by atoms with Crippen molar-refractivity contribution in [3.63, 3.8) is 0 Å². The van der Waals surface area contributed by atoms with Crippen LogP contribution in [0.2, 0.25) is 0 Å². The molecule has 0 aliphatic heterocycles. The quantitative estimate of drug-likeness (QED) is 0.850. The molecular weight excluding hydrogens is 271 g/mol. The number of benzene rings is 2. The second-order valence-corrected chi connectivity index (χ2v) is 4.75. The predicted octanol–water partition coefficient (Wildman–Crippen LogP) is 2.91. The summed E-state index contributed by atoms with van der Waals surface area (Å²) < 4.78 is 18.4. The van der Waals surface area contributed by atoms with Crippen LogP contribution in [0.15, 0.2) is 42.5 Å². The van der Waals surface area contributed by atoms with Gasteiger partial charge in [-0.1, -0.05) is 12.1 Å². The molecule has 1 unspecified atom stereocenters. The fraction of sp³-hybridized carbons (Fsp3) is 0.188. The van der Waals surface area contributed by atoms with Crippen molar-refractivity contribution in [2.24, 2.45) is 0 Å². The molecule has 1 amide bonds. The van der Waals surface area contributed by atoms with E-state index in [0.717, 1.165) is 11.6 Å². The fourth-order valence-electron chi connectivity index (χ4n) is 2.02. The molecule has 0 radical (unpaired) electrons. The number of rotatable bonds is 4. The fourth-order valence-corrected chi connectivity index (χ4v) is 2.02. The highest BCUT2D eigenvalue weighted by molar-refractivity contribution is 5.95. The van der Waals surface area contributed by atoms with Crippen LogP contribution in [0.25, 0.3) is 0 Å². The lowest BCUT2D eigenvalue weighted by molar-refractivity contribution is 0.0939. The van der Waals surface area contributed by atoms with Gasteiger partial charge < -0.3 is 15.8 Å². The highest BCUT2D eigenvalue weighted by Gasteiger charge is 2.13. The number of nitrogen functional groups attached to an aromatic ring is 1. The molecule has 2 rings (SSSR count). The van der Waals surface area contributed by atoms with Crippen LogP contribution in [-0.4, -0.2) is 13.0 Å². The lowest BCUT2D eigenvalue weighted by Crippen LogP contribution is -2.26. The van der Waals surface area contributed by atoms with Crippen molar-refractivity contribution < 1.29 is 13.9 Å². The Morgan fingerprint density at radius 1 is 1.29 bits per heavy atom. The van der Waals surface area contributed by atoms with Gasteiger partial charge in [-0.25, -0.2) is 4.39 Å². The molecule has 0 aliphatic rings. The molecule has 2 aromatic rings. The van der Waals surface area contributed by atoms with Gasteiger partial charge in [-0.3, -0.25) is 4.79 Å². The van der Waals surface area contributed by atoms with Gasteiger partial charge >= 0.3 is 0 Å². The van der Waals surface area contributed by atoms with Crippen LogP contribution in [0.1, 0.15) is 28.9 Å². The van der Waals surface area contributed by atoms with E-state index in [1.807, 2.05) is 31.2 Å². The van der Waals surface area contributed by atoms with Gasteiger partial charge in [0.25, 0.3) is 5.91 Å². The number of amides is 1. The molecule has 0 fully saturated rings. The molecule has 110 valence electrons. The lowest BCUT2D eigenvalue weighted by Gasteiger charge is -2.15. The molecule has 3 N–H and O–H groups in total. The van der Waals surface area contributed by atoms with Crippen LogP contribution in [0, 0.1) is 5.82 Å². The minimum Gasteiger partial charge on any atom is -0.497 e. The third-order valence-corrected chi connectivity index (χ3v) is 3.12. The number of ether oxygens (including phenoxy) is 1. The Morgan fingerprint density at radius 3 is 2.71 bits per heavy atom. The number of nitrogens with two attached hydrogens (primary N) is 1. The first-order chi connectivity index (χ1) is 9.99. The number of hydrogen-bond donors (Lipinski definition) is 2. The van der Waals surface area contributed by atoms with Crippen molar-refractivity contribution in [3.05, 3.63) is 59.4 Å². The van der Waals surface area contributed by atoms with E-state index in [-0.39, 0.29) is 23.2 Å². The second kappa shape index (κ2) is 6.26. The van der Waals surface area contributed by atoms with E-state index >= 15 is 0 Å². The molecule has 5 heteroatoms. The van der Waals surface area contributed by atoms with Gasteiger partial charge in [0, 0.05) is 11.3 Å². The van der Waals surface area contributed by atoms with Gasteiger partial charge in [-0.05, 0) is 42.8 Å². The van der Waals surface area contributed by atoms with E-state index in [1.165, 1.54) is 12.1 Å². The lowest BCUT2D eigenvalue weighted by atomic mass is 10.1. The highest BCUT2D eigenvalue weighted by atomic mass is 19.1. The molecule has 4 nitrogen and oxygen atoms in total. The number of methoxy groups -OCH3 is 1. The normalized spacial score (nSPS) is 11.8. The standard InChI is InChI=1S/C16H17FN2O2/c1-10(11-4-3-5-15(8-11)21-2)19-16(20)12-6-13(17)9-14(18)7-12/h3-10H,18H2,1-2H3,(H,19,20). The molecule has 0 aliphatic carbocycles. The van der Waals surface area contributed by atoms with Gasteiger partial charge in [0.15, 0.2) is 0 Å². The Bertz CT molecular complexity index is 638. The summed E-state index contributed by atoms with van der Waals surface area (Å²) in [4.78, 5) is 12.1. The summed E-state index contributed by atoms with van der Waals surface area (Å²) in [6, 6.07) is 10.9. The van der Waals surface area contributed by atoms with Crippen molar-refractivity contribution >= 4 is 11.6 Å². The zero-order valence-corrected chi connectivity index (χ0v) is 11.9. The van der Waals surface area contributed by atoms with Crippen molar-refractivity contribution in [2.45, 2.75) is 13.0 Å². The monoisotopic (exact) mass is 288 g/mol. The number of hydrogen-bond acceptors (Lipinski definition) is 3. The zero-order valence-electron chi connectivity index (χ0n) is 11.9. The smallest absolute Gasteiger partial charge is 0.251 e. The number of nitrogens with one attached hydrogen (secondary N) is 1. The zero-order chi connectivity index (χ0) is 15.4. The Morgan fingerprint density at radius 2 is 2.05 bits per heavy atom. The summed E-state index contributed by atoms with van der Waals surface area (Å²) in [5.41, 5.74) is 6.85. The number of carbonyl (C=O) groups is 1. The van der Waals surface area contributed by atoms with Crippen molar-refractivity contribution in [1.82, 2.24) is 5.32 Å². The minimum absolute atomic E-state index is 0.197. The largest absolute Gasteiger partial charge is 0.497 e. The van der Waals surface area contributed by atoms with Crippen molar-refractivity contribution in [2.75, 3.05) is 12.8 Å². The van der Waals surface area contributed by atoms with Crippen LogP contribution in [-0.2, 0) is 0 Å². The van der Waals surface area contributed by atoms with Crippen LogP contribution in [0.3, 0.4) is 0 Å². The first-order valence-corrected chi connectivity index (χ1v) is 6.50. The van der Waals surface area contributed by atoms with Crippen LogP contribution in [0.5, 0.6) is 5.75 Å². The van der Waals surface area contributed by atoms with E-state index in [0.29, 0.717) is 5.75 Å². The van der Waals surface area contributed by atoms with Crippen LogP contribution < -0.4 is 15.8 Å². The number of halogens is 1. The molecule has 0 saturated heterocycles. The molecule has 0 aromatic heterocycles. The predicted molar refractivity (Wildman–Crippen MR) is 79.7 cm³/mol. The summed E-state index contributed by atoms with van der Waals surface area (Å²) in [5, 5.41) is 2.80. The Labute approximate surface area is 122 Å². The van der Waals surface area contributed by atoms with Crippen LogP contribution >= 0.6 is 0 Å². The van der Waals surface area contributed by atoms with E-state index in [2.05, 4.69) is 5.32 Å². The first-order valence-electron chi connectivity index (χ1n) is 6.50. The summed E-state index contributed by atoms with van der Waals surface area (Å²) in [6.45, 7) is 1.84. The Hall–Kier alpha value is -2.56. The third kappa shape index (κ3) is 3.72. The van der Waals surface area contributed by atoms with Crippen molar-refractivity contribution in [1.29, 1.82) is 0 Å². The SMILES string of the molecule is COc1cccc(C(C)NC(=O)c2cc(N)cc(F)c2)c1. The Kier molecular flexibility index (Phi) is 4.42. The molecule has 1 atom stereocenters. The van der Waals surface area contributed by atoms with Gasteiger partial charge in [0.1, 0.15) is 11.6 Å². The van der Waals surface area contributed by atoms with Gasteiger partial charge in [-0.2, -0.15) is 0 Å². The van der Waals surface area contributed by atoms with Gasteiger partial charge in [0.05, 0.1) is 13.2 Å². The maximum atomic E-state index is 13.3. The van der Waals surface area contributed by atoms with Gasteiger partial charge in [0.2, 0.25) is 0 Å². The molecular formula is C16H17FN2O2. The molecule has 21 heavy (non-hydrogen) atoms. The minimum atomic E-state index is -0.533. The maximum Gasteiger partial charge on any atom is 0.251 e. The summed E-state index contributed by atoms with van der Waals surface area (Å²) >= 11 is 0. The molecule has 2 aromatic carbocycles. The first kappa shape index (κ1) is 14.8. The van der Waals surface area contributed by atoms with Crippen LogP contribution in [0.4, 0.5) is 10.1 Å². The summed E-state index contributed by atoms with van der Waals surface area (Å²) in [5.74, 6) is -0.200. The highest BCUT2D eigenvalue weighted by Crippen LogP contribution is 2.19. The van der Waals surface area contributed by atoms with Crippen molar-refractivity contribution in [3.8, 4) is 5.75 Å². The Balaban J connectivity index is 2.14. The van der Waals surface area contributed by atoms with E-state index in [4.69, 9.17) is 10.5 Å². The van der Waals surface area contributed by atoms with E-state index in [9.17, 15) is 9.18 Å². The summed E-state index contributed by atoms with van der Waals surface area (Å²) in [6.07, 6.45) is 0. The molecule has 0 saturated carbocycles. The average Bonchev–Trinajstić information content (AvgIpc) is 2.46. The number of carbonyl (C=O) groups excluding carboxylic acids is 1. The topological polar surface area (TPSA) is 64.3 Å². The molecule has 0 bridgehead atoms. The maximum absolute atomic E-state index is 13.3. The molecule has 0 spiro atoms. The number of anilines is 1. The average molecular weight is 288 g/mol. The van der Waals surface area contributed by atoms with E-state index in [1.54, 1.807) is 7.11 Å².